The van der Waals surface area contributed by atoms with Crippen molar-refractivity contribution in [3.8, 4) is 17.0 Å². The average Bonchev–Trinajstić information content (AvgIpc) is 3.18. The molecular formula is C22H20FN5O2. The molecule has 1 amide bonds. The first kappa shape index (κ1) is 19.5. The van der Waals surface area contributed by atoms with E-state index in [1.807, 2.05) is 24.3 Å². The first-order valence-corrected chi connectivity index (χ1v) is 9.43. The van der Waals surface area contributed by atoms with Crippen molar-refractivity contribution < 1.29 is 13.9 Å². The highest BCUT2D eigenvalue weighted by molar-refractivity contribution is 5.79. The Bertz CT molecular complexity index is 1210. The maximum atomic E-state index is 14.0. The minimum Gasteiger partial charge on any atom is -0.496 e. The molecule has 30 heavy (non-hydrogen) atoms. The van der Waals surface area contributed by atoms with Crippen molar-refractivity contribution in [3.05, 3.63) is 78.1 Å². The number of nitrogens with one attached hydrogen (secondary N) is 1. The zero-order valence-electron chi connectivity index (χ0n) is 16.5. The quantitative estimate of drug-likeness (QED) is 0.532. The minimum absolute atomic E-state index is 0.170. The van der Waals surface area contributed by atoms with Gasteiger partial charge in [0, 0.05) is 17.2 Å². The second-order valence-electron chi connectivity index (χ2n) is 6.80. The van der Waals surface area contributed by atoms with Gasteiger partial charge in [-0.05, 0) is 25.1 Å². The normalized spacial score (nSPS) is 12.0. The number of hydrogen-bond donors (Lipinski definition) is 1. The highest BCUT2D eigenvalue weighted by atomic mass is 19.1. The molecule has 0 bridgehead atoms. The zero-order chi connectivity index (χ0) is 21.1. The van der Waals surface area contributed by atoms with Crippen LogP contribution in [0.25, 0.3) is 16.9 Å². The van der Waals surface area contributed by atoms with E-state index in [1.165, 1.54) is 16.9 Å². The number of rotatable bonds is 6. The van der Waals surface area contributed by atoms with Crippen molar-refractivity contribution in [2.45, 2.75) is 19.4 Å². The van der Waals surface area contributed by atoms with Crippen LogP contribution in [0.4, 0.5) is 4.39 Å². The molecule has 7 nitrogen and oxygen atoms in total. The van der Waals surface area contributed by atoms with Crippen LogP contribution in [-0.4, -0.2) is 32.6 Å². The molecule has 0 unspecified atom stereocenters. The van der Waals surface area contributed by atoms with Gasteiger partial charge >= 0.3 is 0 Å². The lowest BCUT2D eigenvalue weighted by Gasteiger charge is -2.12. The Morgan fingerprint density at radius 3 is 2.77 bits per heavy atom. The summed E-state index contributed by atoms with van der Waals surface area (Å²) in [6.07, 6.45) is 1.66. The number of fused-ring (bicyclic) bond motifs is 1. The zero-order valence-corrected chi connectivity index (χ0v) is 16.5. The maximum Gasteiger partial charge on any atom is 0.225 e. The number of aromatic nitrogens is 4. The average molecular weight is 405 g/mol. The number of halogens is 1. The fourth-order valence-electron chi connectivity index (χ4n) is 3.19. The van der Waals surface area contributed by atoms with Gasteiger partial charge in [0.1, 0.15) is 17.9 Å². The van der Waals surface area contributed by atoms with Gasteiger partial charge in [-0.2, -0.15) is 0 Å². The fraction of sp³-hybridized carbons (Fsp3) is 0.182. The SMILES string of the molecule is COc1ccccc1CC(=O)N[C@@H](C)c1nc2cc(-c3ccccc3F)ncn2n1. The first-order valence-electron chi connectivity index (χ1n) is 9.43. The topological polar surface area (TPSA) is 81.4 Å². The molecule has 4 aromatic rings. The molecule has 0 spiro atoms. The van der Waals surface area contributed by atoms with E-state index in [1.54, 1.807) is 38.3 Å². The van der Waals surface area contributed by atoms with E-state index < -0.39 is 6.04 Å². The summed E-state index contributed by atoms with van der Waals surface area (Å²) in [5.41, 5.74) is 2.17. The third kappa shape index (κ3) is 3.98. The highest BCUT2D eigenvalue weighted by Crippen LogP contribution is 2.22. The molecule has 2 aromatic carbocycles. The number of carbonyl (C=O) groups excluding carboxylic acids is 1. The van der Waals surface area contributed by atoms with E-state index in [9.17, 15) is 9.18 Å². The number of nitrogens with zero attached hydrogens (tertiary/aromatic N) is 4. The molecule has 0 aliphatic heterocycles. The molecule has 8 heteroatoms. The third-order valence-corrected chi connectivity index (χ3v) is 4.70. The van der Waals surface area contributed by atoms with Crippen molar-refractivity contribution in [1.29, 1.82) is 0 Å². The van der Waals surface area contributed by atoms with Crippen molar-refractivity contribution in [1.82, 2.24) is 24.9 Å². The van der Waals surface area contributed by atoms with Crippen LogP contribution in [0.15, 0.2) is 60.9 Å². The molecule has 0 aliphatic rings. The van der Waals surface area contributed by atoms with Gasteiger partial charge in [-0.15, -0.1) is 5.10 Å². The van der Waals surface area contributed by atoms with Gasteiger partial charge in [0.05, 0.1) is 25.3 Å². The third-order valence-electron chi connectivity index (χ3n) is 4.70. The number of hydrogen-bond acceptors (Lipinski definition) is 5. The van der Waals surface area contributed by atoms with Gasteiger partial charge in [-0.3, -0.25) is 4.79 Å². The Hall–Kier alpha value is -3.81. The molecule has 1 atom stereocenters. The highest BCUT2D eigenvalue weighted by Gasteiger charge is 2.17. The summed E-state index contributed by atoms with van der Waals surface area (Å²) in [5.74, 6) is 0.579. The van der Waals surface area contributed by atoms with Gasteiger partial charge in [0.15, 0.2) is 11.5 Å². The predicted octanol–water partition coefficient (Wildman–Crippen LogP) is 3.36. The van der Waals surface area contributed by atoms with E-state index in [0.717, 1.165) is 5.56 Å². The Kier molecular flexibility index (Phi) is 5.38. The fourth-order valence-corrected chi connectivity index (χ4v) is 3.19. The second-order valence-corrected chi connectivity index (χ2v) is 6.80. The maximum absolute atomic E-state index is 14.0. The number of methoxy groups -OCH3 is 1. The van der Waals surface area contributed by atoms with Crippen molar-refractivity contribution in [2.24, 2.45) is 0 Å². The van der Waals surface area contributed by atoms with E-state index in [2.05, 4.69) is 20.4 Å². The Morgan fingerprint density at radius 2 is 1.97 bits per heavy atom. The molecule has 0 fully saturated rings. The number of amides is 1. The van der Waals surface area contributed by atoms with E-state index in [4.69, 9.17) is 4.74 Å². The number of carbonyl (C=O) groups is 1. The van der Waals surface area contributed by atoms with Crippen LogP contribution in [0.1, 0.15) is 24.4 Å². The van der Waals surface area contributed by atoms with E-state index in [-0.39, 0.29) is 18.1 Å². The number of ether oxygens (including phenoxy) is 1. The van der Waals surface area contributed by atoms with Crippen molar-refractivity contribution in [3.63, 3.8) is 0 Å². The largest absolute Gasteiger partial charge is 0.496 e. The molecule has 1 N–H and O–H groups in total. The molecular weight excluding hydrogens is 385 g/mol. The van der Waals surface area contributed by atoms with Crippen LogP contribution in [0.2, 0.25) is 0 Å². The van der Waals surface area contributed by atoms with Crippen LogP contribution in [0, 0.1) is 5.82 Å². The van der Waals surface area contributed by atoms with Gasteiger partial charge in [-0.25, -0.2) is 18.9 Å². The second kappa shape index (κ2) is 8.28. The van der Waals surface area contributed by atoms with Crippen LogP contribution >= 0.6 is 0 Å². The lowest BCUT2D eigenvalue weighted by atomic mass is 10.1. The van der Waals surface area contributed by atoms with Crippen LogP contribution in [-0.2, 0) is 11.2 Å². The summed E-state index contributed by atoms with van der Waals surface area (Å²) in [7, 11) is 1.57. The summed E-state index contributed by atoms with van der Waals surface area (Å²) in [6, 6.07) is 15.0. The molecule has 2 heterocycles. The summed E-state index contributed by atoms with van der Waals surface area (Å²) >= 11 is 0. The summed E-state index contributed by atoms with van der Waals surface area (Å²) in [6.45, 7) is 1.81. The standard InChI is InChI=1S/C22H20FN5O2/c1-14(25-21(29)11-15-7-3-6-10-19(15)30-2)22-26-20-12-18(24-13-28(20)27-22)16-8-4-5-9-17(16)23/h3-10,12-14H,11H2,1-2H3,(H,25,29)/t14-/m0/s1. The Labute approximate surface area is 172 Å². The van der Waals surface area contributed by atoms with Gasteiger partial charge < -0.3 is 10.1 Å². The van der Waals surface area contributed by atoms with E-state index >= 15 is 0 Å². The lowest BCUT2D eigenvalue weighted by molar-refractivity contribution is -0.121. The molecule has 152 valence electrons. The van der Waals surface area contributed by atoms with Crippen LogP contribution in [0.3, 0.4) is 0 Å². The molecule has 0 aliphatic carbocycles. The van der Waals surface area contributed by atoms with Gasteiger partial charge in [-0.1, -0.05) is 30.3 Å². The Balaban J connectivity index is 1.51. The van der Waals surface area contributed by atoms with Gasteiger partial charge in [0.25, 0.3) is 0 Å². The number of benzene rings is 2. The number of para-hydroxylation sites is 1. The summed E-state index contributed by atoms with van der Waals surface area (Å²) < 4.78 is 20.8. The van der Waals surface area contributed by atoms with Crippen molar-refractivity contribution >= 4 is 11.6 Å². The van der Waals surface area contributed by atoms with Crippen LogP contribution < -0.4 is 10.1 Å². The molecule has 0 saturated heterocycles. The Morgan fingerprint density at radius 1 is 1.20 bits per heavy atom. The van der Waals surface area contributed by atoms with Crippen LogP contribution in [0.5, 0.6) is 5.75 Å². The minimum atomic E-state index is -0.413. The predicted molar refractivity (Wildman–Crippen MR) is 109 cm³/mol. The van der Waals surface area contributed by atoms with E-state index in [0.29, 0.717) is 28.5 Å². The summed E-state index contributed by atoms with van der Waals surface area (Å²) in [4.78, 5) is 21.2. The molecule has 2 aromatic heterocycles. The monoisotopic (exact) mass is 405 g/mol. The first-order chi connectivity index (χ1) is 14.5. The van der Waals surface area contributed by atoms with Crippen molar-refractivity contribution in [2.75, 3.05) is 7.11 Å². The smallest absolute Gasteiger partial charge is 0.225 e. The molecule has 4 rings (SSSR count). The summed E-state index contributed by atoms with van der Waals surface area (Å²) in [5, 5.41) is 7.27. The lowest BCUT2D eigenvalue weighted by Crippen LogP contribution is -2.29. The molecule has 0 radical (unpaired) electrons. The van der Waals surface area contributed by atoms with Gasteiger partial charge in [0.2, 0.25) is 5.91 Å². The molecule has 0 saturated carbocycles.